The van der Waals surface area contributed by atoms with Crippen molar-refractivity contribution in [2.24, 2.45) is 5.92 Å². The second kappa shape index (κ2) is 5.12. The van der Waals surface area contributed by atoms with Crippen LogP contribution < -0.4 is 0 Å². The molecule has 0 unspecified atom stereocenters. The lowest BCUT2D eigenvalue weighted by Crippen LogP contribution is -2.21. The number of hydrogen-bond donors (Lipinski definition) is 0. The Labute approximate surface area is 96.0 Å². The van der Waals surface area contributed by atoms with E-state index in [1.54, 1.807) is 0 Å². The van der Waals surface area contributed by atoms with Gasteiger partial charge in [-0.2, -0.15) is 0 Å². The van der Waals surface area contributed by atoms with Crippen molar-refractivity contribution >= 4 is 5.97 Å². The fourth-order valence-corrected chi connectivity index (χ4v) is 1.97. The van der Waals surface area contributed by atoms with Gasteiger partial charge in [-0.15, -0.1) is 0 Å². The van der Waals surface area contributed by atoms with Gasteiger partial charge in [-0.3, -0.25) is 4.79 Å². The van der Waals surface area contributed by atoms with Gasteiger partial charge in [-0.25, -0.2) is 0 Å². The highest BCUT2D eigenvalue weighted by Gasteiger charge is 2.27. The van der Waals surface area contributed by atoms with Gasteiger partial charge in [0, 0.05) is 6.54 Å². The van der Waals surface area contributed by atoms with Gasteiger partial charge in [0.25, 0.3) is 0 Å². The molecule has 86 valence electrons. The molecule has 0 radical (unpaired) electrons. The molecule has 0 spiro atoms. The molecule has 1 aliphatic heterocycles. The Hall–Kier alpha value is -1.35. The summed E-state index contributed by atoms with van der Waals surface area (Å²) in [6.07, 6.45) is 0.921. The van der Waals surface area contributed by atoms with Crippen molar-refractivity contribution in [3.63, 3.8) is 0 Å². The minimum absolute atomic E-state index is 0.0618. The summed E-state index contributed by atoms with van der Waals surface area (Å²) >= 11 is 0. The van der Waals surface area contributed by atoms with Crippen LogP contribution in [0.1, 0.15) is 12.0 Å². The van der Waals surface area contributed by atoms with Crippen LogP contribution in [-0.2, 0) is 16.1 Å². The first-order chi connectivity index (χ1) is 7.75. The summed E-state index contributed by atoms with van der Waals surface area (Å²) in [6, 6.07) is 9.79. The zero-order valence-electron chi connectivity index (χ0n) is 9.56. The Bertz CT molecular complexity index is 350. The topological polar surface area (TPSA) is 29.5 Å². The average molecular weight is 219 g/mol. The average Bonchev–Trinajstić information content (AvgIpc) is 2.74. The Balaban J connectivity index is 1.80. The van der Waals surface area contributed by atoms with Crippen molar-refractivity contribution < 1.29 is 9.53 Å². The van der Waals surface area contributed by atoms with E-state index in [9.17, 15) is 4.79 Å². The molecule has 0 amide bonds. The summed E-state index contributed by atoms with van der Waals surface area (Å²) in [5.41, 5.74) is 1.04. The van der Waals surface area contributed by atoms with E-state index in [-0.39, 0.29) is 11.9 Å². The summed E-state index contributed by atoms with van der Waals surface area (Å²) in [5, 5.41) is 0. The lowest BCUT2D eigenvalue weighted by Gasteiger charge is -2.10. The lowest BCUT2D eigenvalue weighted by molar-refractivity contribution is -0.149. The largest absolute Gasteiger partial charge is 0.461 e. The highest BCUT2D eigenvalue weighted by molar-refractivity contribution is 5.73. The van der Waals surface area contributed by atoms with Crippen LogP contribution in [0.15, 0.2) is 30.3 Å². The van der Waals surface area contributed by atoms with Gasteiger partial charge >= 0.3 is 5.97 Å². The predicted octanol–water partition coefficient (Wildman–Crippen LogP) is 1.68. The maximum Gasteiger partial charge on any atom is 0.310 e. The van der Waals surface area contributed by atoms with Gasteiger partial charge in [-0.1, -0.05) is 30.3 Å². The van der Waals surface area contributed by atoms with Crippen LogP contribution in [0.2, 0.25) is 0 Å². The number of ether oxygens (including phenoxy) is 1. The molecule has 1 fully saturated rings. The fourth-order valence-electron chi connectivity index (χ4n) is 1.97. The first-order valence-electron chi connectivity index (χ1n) is 5.65. The van der Waals surface area contributed by atoms with Crippen molar-refractivity contribution in [2.75, 3.05) is 20.1 Å². The first kappa shape index (κ1) is 11.1. The number of hydrogen-bond acceptors (Lipinski definition) is 3. The Kier molecular flexibility index (Phi) is 3.57. The summed E-state index contributed by atoms with van der Waals surface area (Å²) in [6.45, 7) is 2.21. The van der Waals surface area contributed by atoms with Crippen LogP contribution in [0.3, 0.4) is 0 Å². The first-order valence-corrected chi connectivity index (χ1v) is 5.65. The standard InChI is InChI=1S/C13H17NO2/c1-14-8-7-12(9-14)13(15)16-10-11-5-3-2-4-6-11/h2-6,12H,7-10H2,1H3/t12-/m1/s1. The molecule has 16 heavy (non-hydrogen) atoms. The smallest absolute Gasteiger partial charge is 0.310 e. The molecule has 1 aromatic carbocycles. The van der Waals surface area contributed by atoms with Gasteiger partial charge in [0.05, 0.1) is 5.92 Å². The Morgan fingerprint density at radius 2 is 2.19 bits per heavy atom. The second-order valence-electron chi connectivity index (χ2n) is 4.34. The van der Waals surface area contributed by atoms with Crippen LogP contribution >= 0.6 is 0 Å². The van der Waals surface area contributed by atoms with Crippen LogP contribution in [0, 0.1) is 5.92 Å². The van der Waals surface area contributed by atoms with Crippen LogP contribution in [0.4, 0.5) is 0 Å². The Morgan fingerprint density at radius 1 is 1.44 bits per heavy atom. The molecule has 3 heteroatoms. The van der Waals surface area contributed by atoms with Gasteiger partial charge in [0.1, 0.15) is 6.61 Å². The van der Waals surface area contributed by atoms with Gasteiger partial charge in [0.15, 0.2) is 0 Å². The number of esters is 1. The van der Waals surface area contributed by atoms with Gasteiger partial charge in [0.2, 0.25) is 0 Å². The molecule has 0 aliphatic carbocycles. The fraction of sp³-hybridized carbons (Fsp3) is 0.462. The SMILES string of the molecule is CN1CC[C@@H](C(=O)OCc2ccccc2)C1. The number of benzene rings is 1. The van der Waals surface area contributed by atoms with Crippen molar-refractivity contribution in [3.05, 3.63) is 35.9 Å². The van der Waals surface area contributed by atoms with E-state index in [1.807, 2.05) is 37.4 Å². The van der Waals surface area contributed by atoms with Crippen LogP contribution in [0.25, 0.3) is 0 Å². The second-order valence-corrected chi connectivity index (χ2v) is 4.34. The van der Waals surface area contributed by atoms with Gasteiger partial charge < -0.3 is 9.64 Å². The number of likely N-dealkylation sites (tertiary alicyclic amines) is 1. The highest BCUT2D eigenvalue weighted by Crippen LogP contribution is 2.16. The van der Waals surface area contributed by atoms with E-state index in [0.29, 0.717) is 6.61 Å². The summed E-state index contributed by atoms with van der Waals surface area (Å²) < 4.78 is 5.29. The quantitative estimate of drug-likeness (QED) is 0.724. The minimum Gasteiger partial charge on any atom is -0.461 e. The van der Waals surface area contributed by atoms with Crippen molar-refractivity contribution in [3.8, 4) is 0 Å². The number of nitrogens with zero attached hydrogens (tertiary/aromatic N) is 1. The predicted molar refractivity (Wildman–Crippen MR) is 61.8 cm³/mol. The summed E-state index contributed by atoms with van der Waals surface area (Å²) in [5.74, 6) is 0.00177. The maximum absolute atomic E-state index is 11.7. The molecule has 0 bridgehead atoms. The normalized spacial score (nSPS) is 20.9. The molecule has 0 aromatic heterocycles. The molecule has 1 atom stereocenters. The van der Waals surface area contributed by atoms with E-state index in [4.69, 9.17) is 4.74 Å². The third kappa shape index (κ3) is 2.83. The molecule has 2 rings (SSSR count). The highest BCUT2D eigenvalue weighted by atomic mass is 16.5. The minimum atomic E-state index is -0.0618. The van der Waals surface area contributed by atoms with Crippen molar-refractivity contribution in [1.82, 2.24) is 4.90 Å². The number of rotatable bonds is 3. The van der Waals surface area contributed by atoms with E-state index < -0.39 is 0 Å². The molecule has 1 saturated heterocycles. The molecule has 1 heterocycles. The molecule has 0 saturated carbocycles. The summed E-state index contributed by atoms with van der Waals surface area (Å²) in [7, 11) is 2.03. The van der Waals surface area contributed by atoms with Crippen LogP contribution in [0.5, 0.6) is 0 Å². The molecular formula is C13H17NO2. The third-order valence-electron chi connectivity index (χ3n) is 2.95. The zero-order chi connectivity index (χ0) is 11.4. The monoisotopic (exact) mass is 219 g/mol. The van der Waals surface area contributed by atoms with E-state index in [1.165, 1.54) is 0 Å². The van der Waals surface area contributed by atoms with Crippen LogP contribution in [-0.4, -0.2) is 31.0 Å². The molecule has 1 aliphatic rings. The third-order valence-corrected chi connectivity index (χ3v) is 2.95. The lowest BCUT2D eigenvalue weighted by atomic mass is 10.1. The maximum atomic E-state index is 11.7. The molecule has 1 aromatic rings. The van der Waals surface area contributed by atoms with Crippen molar-refractivity contribution in [1.29, 1.82) is 0 Å². The van der Waals surface area contributed by atoms with Crippen molar-refractivity contribution in [2.45, 2.75) is 13.0 Å². The molecule has 0 N–H and O–H groups in total. The van der Waals surface area contributed by atoms with E-state index in [2.05, 4.69) is 4.90 Å². The number of carbonyl (C=O) groups is 1. The van der Waals surface area contributed by atoms with E-state index >= 15 is 0 Å². The summed E-state index contributed by atoms with van der Waals surface area (Å²) in [4.78, 5) is 13.9. The molecular weight excluding hydrogens is 202 g/mol. The van der Waals surface area contributed by atoms with Gasteiger partial charge in [-0.05, 0) is 25.6 Å². The van der Waals surface area contributed by atoms with E-state index in [0.717, 1.165) is 25.1 Å². The Morgan fingerprint density at radius 3 is 2.81 bits per heavy atom. The molecule has 3 nitrogen and oxygen atoms in total. The number of carbonyl (C=O) groups excluding carboxylic acids is 1. The zero-order valence-corrected chi connectivity index (χ0v) is 9.56.